The third kappa shape index (κ3) is 2.84. The van der Waals surface area contributed by atoms with Crippen molar-refractivity contribution in [2.24, 2.45) is 0 Å². The first-order valence-corrected chi connectivity index (χ1v) is 8.56. The normalized spacial score (nSPS) is 14.2. The van der Waals surface area contributed by atoms with Crippen LogP contribution in [-0.2, 0) is 5.60 Å². The molecule has 0 aliphatic heterocycles. The summed E-state index contributed by atoms with van der Waals surface area (Å²) in [6.45, 7) is 1.65. The van der Waals surface area contributed by atoms with Crippen LogP contribution >= 0.6 is 0 Å². The van der Waals surface area contributed by atoms with Gasteiger partial charge in [0.25, 0.3) is 0 Å². The summed E-state index contributed by atoms with van der Waals surface area (Å²) in [6.07, 6.45) is -2.21. The quantitative estimate of drug-likeness (QED) is 0.566. The molecule has 2 aromatic carbocycles. The minimum atomic E-state index is -4.95. The van der Waals surface area contributed by atoms with Gasteiger partial charge < -0.3 is 5.11 Å². The molecule has 7 heteroatoms. The Labute approximate surface area is 158 Å². The largest absolute Gasteiger partial charge is 0.427 e. The fourth-order valence-electron chi connectivity index (χ4n) is 3.22. The lowest BCUT2D eigenvalue weighted by molar-refractivity contribution is -0.249. The topological polar surface area (TPSA) is 50.9 Å². The Hall–Kier alpha value is -3.19. The monoisotopic (exact) mass is 383 g/mol. The molecule has 0 radical (unpaired) electrons. The molecule has 2 aromatic heterocycles. The van der Waals surface area contributed by atoms with E-state index in [9.17, 15) is 18.3 Å². The van der Waals surface area contributed by atoms with Crippen LogP contribution in [-0.4, -0.2) is 26.0 Å². The van der Waals surface area contributed by atoms with Crippen molar-refractivity contribution in [2.75, 3.05) is 0 Å². The highest BCUT2D eigenvalue weighted by atomic mass is 19.4. The van der Waals surface area contributed by atoms with Gasteiger partial charge in [0, 0.05) is 11.6 Å². The van der Waals surface area contributed by atoms with Crippen molar-refractivity contribution in [3.8, 4) is 5.69 Å². The molecule has 0 saturated heterocycles. The highest BCUT2D eigenvalue weighted by Crippen LogP contribution is 2.44. The van der Waals surface area contributed by atoms with Crippen LogP contribution < -0.4 is 0 Å². The molecule has 0 aliphatic rings. The molecule has 1 unspecified atom stereocenters. The molecule has 0 fully saturated rings. The molecule has 1 atom stereocenters. The lowest BCUT2D eigenvalue weighted by atomic mass is 9.88. The van der Waals surface area contributed by atoms with Crippen LogP contribution in [0.5, 0.6) is 0 Å². The van der Waals surface area contributed by atoms with Gasteiger partial charge in [-0.05, 0) is 54.4 Å². The minimum absolute atomic E-state index is 0.307. The van der Waals surface area contributed by atoms with Crippen molar-refractivity contribution in [2.45, 2.75) is 18.7 Å². The fourth-order valence-corrected chi connectivity index (χ4v) is 3.22. The van der Waals surface area contributed by atoms with Crippen LogP contribution in [0.1, 0.15) is 16.8 Å². The van der Waals surface area contributed by atoms with E-state index in [1.165, 1.54) is 36.7 Å². The molecule has 4 aromatic rings. The maximum Gasteiger partial charge on any atom is 0.427 e. The van der Waals surface area contributed by atoms with Crippen LogP contribution in [0.15, 0.2) is 73.1 Å². The van der Waals surface area contributed by atoms with Crippen molar-refractivity contribution in [1.82, 2.24) is 14.8 Å². The summed E-state index contributed by atoms with van der Waals surface area (Å²) < 4.78 is 43.5. The predicted octanol–water partition coefficient (Wildman–Crippen LogP) is 4.53. The van der Waals surface area contributed by atoms with E-state index in [4.69, 9.17) is 0 Å². The number of nitrogens with zero attached hydrogens (tertiary/aromatic N) is 3. The van der Waals surface area contributed by atoms with Crippen molar-refractivity contribution in [3.63, 3.8) is 0 Å². The number of hydrogen-bond donors (Lipinski definition) is 1. The van der Waals surface area contributed by atoms with Gasteiger partial charge in [-0.1, -0.05) is 24.3 Å². The van der Waals surface area contributed by atoms with Gasteiger partial charge in [0.1, 0.15) is 0 Å². The summed E-state index contributed by atoms with van der Waals surface area (Å²) in [5.41, 5.74) is -1.99. The van der Waals surface area contributed by atoms with Crippen molar-refractivity contribution in [3.05, 3.63) is 89.9 Å². The van der Waals surface area contributed by atoms with Gasteiger partial charge in [-0.25, -0.2) is 4.68 Å². The Kier molecular flexibility index (Phi) is 4.19. The Morgan fingerprint density at radius 2 is 1.71 bits per heavy atom. The molecular weight excluding hydrogens is 367 g/mol. The van der Waals surface area contributed by atoms with Gasteiger partial charge in [0.2, 0.25) is 5.60 Å². The van der Waals surface area contributed by atoms with Gasteiger partial charge >= 0.3 is 6.18 Å². The zero-order valence-corrected chi connectivity index (χ0v) is 14.9. The third-order valence-electron chi connectivity index (χ3n) is 4.68. The number of alkyl halides is 3. The summed E-state index contributed by atoms with van der Waals surface area (Å²) >= 11 is 0. The second-order valence-corrected chi connectivity index (χ2v) is 6.59. The van der Waals surface area contributed by atoms with Crippen LogP contribution in [0.2, 0.25) is 0 Å². The maximum absolute atomic E-state index is 14.0. The first-order valence-electron chi connectivity index (χ1n) is 8.56. The van der Waals surface area contributed by atoms with Gasteiger partial charge in [-0.2, -0.15) is 18.3 Å². The number of rotatable bonds is 3. The maximum atomic E-state index is 14.0. The average Bonchev–Trinajstić information content (AvgIpc) is 3.10. The molecule has 0 aliphatic carbocycles. The molecule has 4 nitrogen and oxygen atoms in total. The first kappa shape index (κ1) is 18.2. The number of aryl methyl sites for hydroxylation is 1. The Morgan fingerprint density at radius 3 is 2.39 bits per heavy atom. The summed E-state index contributed by atoms with van der Waals surface area (Å²) in [5, 5.41) is 15.5. The molecule has 1 N–H and O–H groups in total. The second kappa shape index (κ2) is 6.45. The zero-order chi connectivity index (χ0) is 19.9. The number of halogens is 3. The number of aliphatic hydroxyl groups is 1. The number of benzene rings is 2. The molecule has 4 rings (SSSR count). The predicted molar refractivity (Wildman–Crippen MR) is 99.1 cm³/mol. The van der Waals surface area contributed by atoms with Gasteiger partial charge in [-0.3, -0.25) is 4.98 Å². The van der Waals surface area contributed by atoms with E-state index < -0.39 is 17.5 Å². The highest BCUT2D eigenvalue weighted by Gasteiger charge is 2.57. The lowest BCUT2D eigenvalue weighted by Gasteiger charge is -2.30. The minimum Gasteiger partial charge on any atom is -0.371 e. The van der Waals surface area contributed by atoms with Crippen LogP contribution in [0.4, 0.5) is 13.2 Å². The standard InChI is InChI=1S/C21H16F3N3O/c1-14-9-10-25-19(11-14)20(28,21(22,23)24)16-7-8-18-15(12-16)13-26-27(18)17-5-3-2-4-6-17/h2-13,28H,1H3. The van der Waals surface area contributed by atoms with E-state index in [-0.39, 0.29) is 5.56 Å². The third-order valence-corrected chi connectivity index (χ3v) is 4.68. The number of para-hydroxylation sites is 1. The van der Waals surface area contributed by atoms with Crippen molar-refractivity contribution >= 4 is 10.9 Å². The van der Waals surface area contributed by atoms with Crippen molar-refractivity contribution in [1.29, 1.82) is 0 Å². The number of aromatic nitrogens is 3. The Balaban J connectivity index is 1.89. The average molecular weight is 383 g/mol. The molecule has 0 bridgehead atoms. The molecule has 142 valence electrons. The van der Waals surface area contributed by atoms with Gasteiger partial charge in [-0.15, -0.1) is 0 Å². The molecular formula is C21H16F3N3O. The molecule has 28 heavy (non-hydrogen) atoms. The number of fused-ring (bicyclic) bond motifs is 1. The smallest absolute Gasteiger partial charge is 0.371 e. The van der Waals surface area contributed by atoms with Crippen LogP contribution in [0.3, 0.4) is 0 Å². The lowest BCUT2D eigenvalue weighted by Crippen LogP contribution is -2.44. The summed E-state index contributed by atoms with van der Waals surface area (Å²) in [4.78, 5) is 3.80. The van der Waals surface area contributed by atoms with E-state index in [0.29, 0.717) is 16.5 Å². The van der Waals surface area contributed by atoms with Crippen LogP contribution in [0.25, 0.3) is 16.6 Å². The van der Waals surface area contributed by atoms with E-state index in [0.717, 1.165) is 5.69 Å². The number of pyridine rings is 1. The zero-order valence-electron chi connectivity index (χ0n) is 14.9. The Morgan fingerprint density at radius 1 is 0.964 bits per heavy atom. The van der Waals surface area contributed by atoms with Crippen LogP contribution in [0, 0.1) is 6.92 Å². The van der Waals surface area contributed by atoms with E-state index in [1.807, 2.05) is 30.3 Å². The molecule has 2 heterocycles. The van der Waals surface area contributed by atoms with Crippen molar-refractivity contribution < 1.29 is 18.3 Å². The summed E-state index contributed by atoms with van der Waals surface area (Å²) in [6, 6.07) is 16.2. The molecule has 0 amide bonds. The summed E-state index contributed by atoms with van der Waals surface area (Å²) in [5.74, 6) is 0. The van der Waals surface area contributed by atoms with Gasteiger partial charge in [0.15, 0.2) is 0 Å². The van der Waals surface area contributed by atoms with E-state index in [2.05, 4.69) is 10.1 Å². The van der Waals surface area contributed by atoms with E-state index >= 15 is 0 Å². The number of hydrogen-bond acceptors (Lipinski definition) is 3. The highest BCUT2D eigenvalue weighted by molar-refractivity contribution is 5.81. The summed E-state index contributed by atoms with van der Waals surface area (Å²) in [7, 11) is 0. The Bertz CT molecular complexity index is 1140. The molecule has 0 spiro atoms. The SMILES string of the molecule is Cc1ccnc(C(O)(c2ccc3c(cnn3-c3ccccc3)c2)C(F)(F)F)c1. The first-order chi connectivity index (χ1) is 13.3. The van der Waals surface area contributed by atoms with Gasteiger partial charge in [0.05, 0.1) is 23.1 Å². The molecule has 0 saturated carbocycles. The van der Waals surface area contributed by atoms with E-state index in [1.54, 1.807) is 17.7 Å². The second-order valence-electron chi connectivity index (χ2n) is 6.59. The fraction of sp³-hybridized carbons (Fsp3) is 0.143.